The van der Waals surface area contributed by atoms with Crippen molar-refractivity contribution in [1.82, 2.24) is 4.90 Å². The smallest absolute Gasteiger partial charge is 0.423 e. The number of halogens is 1. The van der Waals surface area contributed by atoms with Gasteiger partial charge in [-0.3, -0.25) is 4.90 Å². The Balaban J connectivity index is 2.07. The molecule has 0 radical (unpaired) electrons. The zero-order valence-corrected chi connectivity index (χ0v) is 11.3. The molecule has 0 saturated heterocycles. The van der Waals surface area contributed by atoms with Crippen LogP contribution in [-0.4, -0.2) is 35.2 Å². The minimum absolute atomic E-state index is 0.270. The summed E-state index contributed by atoms with van der Waals surface area (Å²) >= 11 is 0. The predicted molar refractivity (Wildman–Crippen MR) is 74.5 cm³/mol. The summed E-state index contributed by atoms with van der Waals surface area (Å²) in [5.74, 6) is 0.330. The van der Waals surface area contributed by atoms with E-state index in [1.165, 1.54) is 31.4 Å². The van der Waals surface area contributed by atoms with Gasteiger partial charge in [-0.05, 0) is 48.5 Å². The van der Waals surface area contributed by atoms with Crippen LogP contribution in [0.2, 0.25) is 0 Å². The first-order chi connectivity index (χ1) is 9.10. The molecule has 1 aromatic carbocycles. The fraction of sp³-hybridized carbons (Fsp3) is 0.571. The third kappa shape index (κ3) is 3.78. The highest BCUT2D eigenvalue weighted by molar-refractivity contribution is 6.59. The van der Waals surface area contributed by atoms with E-state index in [1.807, 2.05) is 0 Å². The topological polar surface area (TPSA) is 43.7 Å². The normalized spacial score (nSPS) is 15.6. The summed E-state index contributed by atoms with van der Waals surface area (Å²) in [5.41, 5.74) is 1.06. The quantitative estimate of drug-likeness (QED) is 0.758. The number of hydrogen-bond donors (Lipinski definition) is 2. The number of benzene rings is 1. The van der Waals surface area contributed by atoms with Crippen molar-refractivity contribution in [2.24, 2.45) is 5.92 Å². The van der Waals surface area contributed by atoms with E-state index in [-0.39, 0.29) is 5.46 Å². The lowest BCUT2D eigenvalue weighted by molar-refractivity contribution is 0.178. The van der Waals surface area contributed by atoms with Crippen LogP contribution in [0.15, 0.2) is 18.2 Å². The first-order valence-electron chi connectivity index (χ1n) is 6.97. The molecule has 104 valence electrons. The lowest BCUT2D eigenvalue weighted by Gasteiger charge is -2.32. The molecule has 0 heterocycles. The molecule has 1 saturated carbocycles. The number of hydrogen-bond acceptors (Lipinski definition) is 3. The standard InChI is InChI=1S/C14H21BFNO2/c1-2-17(9-11-4-3-5-11)10-12-6-7-13(16)8-14(12)15(18)19/h6-8,11,18-19H,2-5,9-10H2,1H3. The van der Waals surface area contributed by atoms with Gasteiger partial charge in [-0.2, -0.15) is 0 Å². The van der Waals surface area contributed by atoms with Gasteiger partial charge in [-0.1, -0.05) is 19.4 Å². The molecule has 1 aliphatic rings. The molecule has 0 amide bonds. The van der Waals surface area contributed by atoms with E-state index in [1.54, 1.807) is 6.07 Å². The fourth-order valence-corrected chi connectivity index (χ4v) is 2.54. The van der Waals surface area contributed by atoms with Gasteiger partial charge in [0.05, 0.1) is 0 Å². The second-order valence-electron chi connectivity index (χ2n) is 5.34. The maximum Gasteiger partial charge on any atom is 0.488 e. The van der Waals surface area contributed by atoms with Gasteiger partial charge in [0, 0.05) is 13.1 Å². The molecule has 5 heteroatoms. The molecule has 0 atom stereocenters. The lowest BCUT2D eigenvalue weighted by Crippen LogP contribution is -2.38. The van der Waals surface area contributed by atoms with Gasteiger partial charge < -0.3 is 10.0 Å². The first-order valence-corrected chi connectivity index (χ1v) is 6.97. The summed E-state index contributed by atoms with van der Waals surface area (Å²) in [6.45, 7) is 4.68. The molecular formula is C14H21BFNO2. The van der Waals surface area contributed by atoms with E-state index >= 15 is 0 Å². The number of rotatable bonds is 6. The molecule has 2 rings (SSSR count). The van der Waals surface area contributed by atoms with Crippen molar-refractivity contribution in [3.63, 3.8) is 0 Å². The molecule has 0 aliphatic heterocycles. The zero-order valence-electron chi connectivity index (χ0n) is 11.3. The molecule has 0 unspecified atom stereocenters. The predicted octanol–water partition coefficient (Wildman–Crippen LogP) is 1.13. The Bertz CT molecular complexity index is 424. The maximum atomic E-state index is 13.2. The van der Waals surface area contributed by atoms with Crippen molar-refractivity contribution in [2.45, 2.75) is 32.7 Å². The third-order valence-electron chi connectivity index (χ3n) is 3.97. The second kappa shape index (κ2) is 6.50. The Morgan fingerprint density at radius 3 is 2.63 bits per heavy atom. The van der Waals surface area contributed by atoms with E-state index < -0.39 is 12.9 Å². The summed E-state index contributed by atoms with van der Waals surface area (Å²) < 4.78 is 13.2. The average Bonchev–Trinajstić information content (AvgIpc) is 2.33. The van der Waals surface area contributed by atoms with Crippen molar-refractivity contribution < 1.29 is 14.4 Å². The molecular weight excluding hydrogens is 244 g/mol. The zero-order chi connectivity index (χ0) is 13.8. The minimum Gasteiger partial charge on any atom is -0.423 e. The molecule has 1 aromatic rings. The summed E-state index contributed by atoms with van der Waals surface area (Å²) in [7, 11) is -1.62. The average molecular weight is 265 g/mol. The Morgan fingerprint density at radius 1 is 1.37 bits per heavy atom. The van der Waals surface area contributed by atoms with Crippen molar-refractivity contribution in [3.05, 3.63) is 29.6 Å². The van der Waals surface area contributed by atoms with Crippen molar-refractivity contribution in [3.8, 4) is 0 Å². The van der Waals surface area contributed by atoms with Crippen molar-refractivity contribution in [2.75, 3.05) is 13.1 Å². The van der Waals surface area contributed by atoms with E-state index in [9.17, 15) is 14.4 Å². The molecule has 0 aromatic heterocycles. The Kier molecular flexibility index (Phi) is 4.96. The van der Waals surface area contributed by atoms with Crippen LogP contribution in [0.1, 0.15) is 31.7 Å². The summed E-state index contributed by atoms with van der Waals surface area (Å²) in [4.78, 5) is 2.28. The highest BCUT2D eigenvalue weighted by atomic mass is 19.1. The van der Waals surface area contributed by atoms with E-state index in [0.29, 0.717) is 6.54 Å². The van der Waals surface area contributed by atoms with Gasteiger partial charge in [-0.25, -0.2) is 4.39 Å². The molecule has 2 N–H and O–H groups in total. The Hall–Kier alpha value is -0.905. The van der Waals surface area contributed by atoms with E-state index in [4.69, 9.17) is 0 Å². The van der Waals surface area contributed by atoms with Crippen molar-refractivity contribution in [1.29, 1.82) is 0 Å². The molecule has 1 fully saturated rings. The van der Waals surface area contributed by atoms with E-state index in [2.05, 4.69) is 11.8 Å². The monoisotopic (exact) mass is 265 g/mol. The van der Waals surface area contributed by atoms with Crippen LogP contribution in [0.3, 0.4) is 0 Å². The summed E-state index contributed by atoms with van der Waals surface area (Å²) in [6.07, 6.45) is 3.89. The lowest BCUT2D eigenvalue weighted by atomic mass is 9.76. The fourth-order valence-electron chi connectivity index (χ4n) is 2.54. The Morgan fingerprint density at radius 2 is 2.11 bits per heavy atom. The summed E-state index contributed by atoms with van der Waals surface area (Å²) in [5, 5.41) is 18.6. The molecule has 19 heavy (non-hydrogen) atoms. The van der Waals surface area contributed by atoms with E-state index in [0.717, 1.165) is 24.6 Å². The molecule has 0 bridgehead atoms. The third-order valence-corrected chi connectivity index (χ3v) is 3.97. The van der Waals surface area contributed by atoms with Gasteiger partial charge in [0.25, 0.3) is 0 Å². The van der Waals surface area contributed by atoms with Gasteiger partial charge in [0.1, 0.15) is 5.82 Å². The van der Waals surface area contributed by atoms with Crippen LogP contribution < -0.4 is 5.46 Å². The van der Waals surface area contributed by atoms with Gasteiger partial charge in [-0.15, -0.1) is 0 Å². The molecule has 3 nitrogen and oxygen atoms in total. The molecule has 1 aliphatic carbocycles. The van der Waals surface area contributed by atoms with Crippen LogP contribution in [0.25, 0.3) is 0 Å². The SMILES string of the molecule is CCN(Cc1ccc(F)cc1B(O)O)CC1CCC1. The minimum atomic E-state index is -1.62. The second-order valence-corrected chi connectivity index (χ2v) is 5.34. The van der Waals surface area contributed by atoms with Crippen LogP contribution in [0, 0.1) is 11.7 Å². The molecule has 0 spiro atoms. The van der Waals surface area contributed by atoms with Crippen LogP contribution in [0.5, 0.6) is 0 Å². The van der Waals surface area contributed by atoms with Gasteiger partial charge >= 0.3 is 7.12 Å². The summed E-state index contributed by atoms with van der Waals surface area (Å²) in [6, 6.07) is 4.23. The highest BCUT2D eigenvalue weighted by Gasteiger charge is 2.22. The van der Waals surface area contributed by atoms with Crippen LogP contribution >= 0.6 is 0 Å². The van der Waals surface area contributed by atoms with Crippen molar-refractivity contribution >= 4 is 12.6 Å². The van der Waals surface area contributed by atoms with Gasteiger partial charge in [0.2, 0.25) is 0 Å². The van der Waals surface area contributed by atoms with Crippen LogP contribution in [0.4, 0.5) is 4.39 Å². The first kappa shape index (κ1) is 14.5. The van der Waals surface area contributed by atoms with Gasteiger partial charge in [0.15, 0.2) is 0 Å². The number of nitrogens with zero attached hydrogens (tertiary/aromatic N) is 1. The highest BCUT2D eigenvalue weighted by Crippen LogP contribution is 2.27. The maximum absolute atomic E-state index is 13.2. The Labute approximate surface area is 114 Å². The largest absolute Gasteiger partial charge is 0.488 e. The van der Waals surface area contributed by atoms with Crippen LogP contribution in [-0.2, 0) is 6.54 Å².